The molecule has 0 unspecified atom stereocenters. The van der Waals surface area contributed by atoms with Gasteiger partial charge in [-0.1, -0.05) is 6.07 Å². The monoisotopic (exact) mass is 417 g/mol. The number of benzene rings is 1. The summed E-state index contributed by atoms with van der Waals surface area (Å²) in [6.07, 6.45) is 3.44. The van der Waals surface area contributed by atoms with Crippen molar-refractivity contribution >= 4 is 29.9 Å². The fraction of sp³-hybridized carbons (Fsp3) is 0.562. The zero-order chi connectivity index (χ0) is 14.5. The van der Waals surface area contributed by atoms with E-state index in [1.54, 1.807) is 0 Å². The molecule has 1 aromatic carbocycles. The summed E-state index contributed by atoms with van der Waals surface area (Å²) in [5.41, 5.74) is 1.18. The van der Waals surface area contributed by atoms with Crippen LogP contribution in [0.1, 0.15) is 24.8 Å². The van der Waals surface area contributed by atoms with Gasteiger partial charge in [0.25, 0.3) is 0 Å². The Kier molecular flexibility index (Phi) is 6.60. The Bertz CT molecular complexity index is 516. The molecule has 0 atom stereocenters. The zero-order valence-corrected chi connectivity index (χ0v) is 15.3. The molecular weight excluding hydrogens is 393 g/mol. The summed E-state index contributed by atoms with van der Waals surface area (Å²) in [7, 11) is 1.84. The van der Waals surface area contributed by atoms with E-state index < -0.39 is 0 Å². The summed E-state index contributed by atoms with van der Waals surface area (Å²) in [6.45, 7) is 4.40. The molecule has 3 rings (SSSR count). The summed E-state index contributed by atoms with van der Waals surface area (Å²) in [4.78, 5) is 6.67. The van der Waals surface area contributed by atoms with Gasteiger partial charge in [0.15, 0.2) is 17.5 Å². The van der Waals surface area contributed by atoms with Gasteiger partial charge < -0.3 is 19.7 Å². The summed E-state index contributed by atoms with van der Waals surface area (Å²) in [5.74, 6) is 2.68. The highest BCUT2D eigenvalue weighted by Gasteiger charge is 2.16. The van der Waals surface area contributed by atoms with E-state index in [1.807, 2.05) is 13.1 Å². The van der Waals surface area contributed by atoms with Gasteiger partial charge in [0.1, 0.15) is 0 Å². The molecule has 0 aromatic heterocycles. The quantitative estimate of drug-likeness (QED) is 0.457. The molecule has 5 nitrogen and oxygen atoms in total. The van der Waals surface area contributed by atoms with Crippen molar-refractivity contribution in [3.05, 3.63) is 23.8 Å². The van der Waals surface area contributed by atoms with Crippen LogP contribution in [0.15, 0.2) is 23.2 Å². The number of aliphatic imine (C=N–C) groups is 1. The van der Waals surface area contributed by atoms with Crippen molar-refractivity contribution in [1.29, 1.82) is 0 Å². The van der Waals surface area contributed by atoms with Crippen LogP contribution in [0.5, 0.6) is 11.5 Å². The van der Waals surface area contributed by atoms with Crippen molar-refractivity contribution in [3.8, 4) is 11.5 Å². The van der Waals surface area contributed by atoms with Crippen molar-refractivity contribution < 1.29 is 9.47 Å². The first-order valence-corrected chi connectivity index (χ1v) is 7.71. The average molecular weight is 417 g/mol. The van der Waals surface area contributed by atoms with Crippen LogP contribution >= 0.6 is 24.0 Å². The Morgan fingerprint density at radius 1 is 1.14 bits per heavy atom. The molecule has 2 heterocycles. The van der Waals surface area contributed by atoms with Crippen LogP contribution < -0.4 is 14.8 Å². The lowest BCUT2D eigenvalue weighted by molar-refractivity contribution is 0.297. The van der Waals surface area contributed by atoms with E-state index in [9.17, 15) is 0 Å². The van der Waals surface area contributed by atoms with Gasteiger partial charge in [0.05, 0.1) is 13.2 Å². The molecule has 1 N–H and O–H groups in total. The molecule has 122 valence electrons. The molecule has 1 aromatic rings. The van der Waals surface area contributed by atoms with Crippen LogP contribution in [0.25, 0.3) is 0 Å². The number of hydrogen-bond donors (Lipinski definition) is 1. The predicted octanol–water partition coefficient (Wildman–Crippen LogP) is 2.64. The van der Waals surface area contributed by atoms with Crippen LogP contribution in [0.2, 0.25) is 0 Å². The third-order valence-electron chi connectivity index (χ3n) is 3.88. The number of nitrogens with zero attached hydrogens (tertiary/aromatic N) is 2. The van der Waals surface area contributed by atoms with Gasteiger partial charge in [-0.2, -0.15) is 0 Å². The van der Waals surface area contributed by atoms with Crippen molar-refractivity contribution in [3.63, 3.8) is 0 Å². The second-order valence-electron chi connectivity index (χ2n) is 5.43. The van der Waals surface area contributed by atoms with Crippen LogP contribution in [0, 0.1) is 0 Å². The first kappa shape index (κ1) is 17.2. The lowest BCUT2D eigenvalue weighted by atomic mass is 10.2. The van der Waals surface area contributed by atoms with Gasteiger partial charge in [-0.3, -0.25) is 4.99 Å². The molecule has 0 amide bonds. The maximum Gasteiger partial charge on any atom is 0.193 e. The minimum Gasteiger partial charge on any atom is -0.490 e. The van der Waals surface area contributed by atoms with E-state index in [1.165, 1.54) is 18.4 Å². The van der Waals surface area contributed by atoms with Crippen molar-refractivity contribution in [1.82, 2.24) is 10.2 Å². The molecule has 0 saturated carbocycles. The van der Waals surface area contributed by atoms with Gasteiger partial charge in [-0.25, -0.2) is 0 Å². The Morgan fingerprint density at radius 3 is 2.59 bits per heavy atom. The van der Waals surface area contributed by atoms with Crippen LogP contribution in [0.4, 0.5) is 0 Å². The molecule has 2 aliphatic heterocycles. The van der Waals surface area contributed by atoms with E-state index >= 15 is 0 Å². The molecule has 2 aliphatic rings. The third-order valence-corrected chi connectivity index (χ3v) is 3.88. The van der Waals surface area contributed by atoms with Gasteiger partial charge in [-0.15, -0.1) is 24.0 Å². The third kappa shape index (κ3) is 4.18. The maximum absolute atomic E-state index is 5.73. The molecule has 22 heavy (non-hydrogen) atoms. The lowest BCUT2D eigenvalue weighted by Crippen LogP contribution is -2.39. The molecule has 0 spiro atoms. The number of fused-ring (bicyclic) bond motifs is 1. The maximum atomic E-state index is 5.73. The van der Waals surface area contributed by atoms with Crippen molar-refractivity contribution in [2.24, 2.45) is 4.99 Å². The number of likely N-dealkylation sites (tertiary alicyclic amines) is 1. The second-order valence-corrected chi connectivity index (χ2v) is 5.43. The fourth-order valence-electron chi connectivity index (χ4n) is 2.76. The molecular formula is C16H24IN3O2. The molecule has 0 bridgehead atoms. The first-order valence-electron chi connectivity index (χ1n) is 7.71. The SMILES string of the molecule is CN=C(NCc1ccc2c(c1)OCCCO2)N1CCCC1.I. The van der Waals surface area contributed by atoms with Crippen molar-refractivity contribution in [2.45, 2.75) is 25.8 Å². The van der Waals surface area contributed by atoms with E-state index in [0.29, 0.717) is 0 Å². The van der Waals surface area contributed by atoms with E-state index in [0.717, 1.165) is 56.7 Å². The molecule has 0 radical (unpaired) electrons. The number of rotatable bonds is 2. The minimum absolute atomic E-state index is 0. The molecule has 0 aliphatic carbocycles. The van der Waals surface area contributed by atoms with Crippen LogP contribution in [-0.2, 0) is 6.54 Å². The summed E-state index contributed by atoms with van der Waals surface area (Å²) in [5, 5.41) is 3.43. The Balaban J connectivity index is 0.00000176. The van der Waals surface area contributed by atoms with E-state index in [4.69, 9.17) is 9.47 Å². The number of guanidine groups is 1. The largest absolute Gasteiger partial charge is 0.490 e. The molecule has 6 heteroatoms. The van der Waals surface area contributed by atoms with Gasteiger partial charge >= 0.3 is 0 Å². The smallest absolute Gasteiger partial charge is 0.193 e. The standard InChI is InChI=1S/C16H23N3O2.HI/c1-17-16(19-7-2-3-8-19)18-12-13-5-6-14-15(11-13)21-10-4-9-20-14;/h5-6,11H,2-4,7-10,12H2,1H3,(H,17,18);1H. The molecule has 1 saturated heterocycles. The minimum atomic E-state index is 0. The Hall–Kier alpha value is -1.18. The number of ether oxygens (including phenoxy) is 2. The number of hydrogen-bond acceptors (Lipinski definition) is 3. The highest BCUT2D eigenvalue weighted by molar-refractivity contribution is 14.0. The Labute approximate surface area is 149 Å². The highest BCUT2D eigenvalue weighted by Crippen LogP contribution is 2.30. The van der Waals surface area contributed by atoms with Gasteiger partial charge in [-0.05, 0) is 30.5 Å². The normalized spacial score (nSPS) is 17.7. The Morgan fingerprint density at radius 2 is 1.86 bits per heavy atom. The van der Waals surface area contributed by atoms with Crippen LogP contribution in [-0.4, -0.2) is 44.2 Å². The summed E-state index contributed by atoms with van der Waals surface area (Å²) < 4.78 is 11.4. The average Bonchev–Trinajstić information content (AvgIpc) is 2.93. The zero-order valence-electron chi connectivity index (χ0n) is 13.0. The lowest BCUT2D eigenvalue weighted by Gasteiger charge is -2.21. The first-order chi connectivity index (χ1) is 10.4. The van der Waals surface area contributed by atoms with Crippen molar-refractivity contribution in [2.75, 3.05) is 33.4 Å². The summed E-state index contributed by atoms with van der Waals surface area (Å²) in [6, 6.07) is 6.14. The predicted molar refractivity (Wildman–Crippen MR) is 98.5 cm³/mol. The second kappa shape index (κ2) is 8.45. The van der Waals surface area contributed by atoms with E-state index in [-0.39, 0.29) is 24.0 Å². The summed E-state index contributed by atoms with van der Waals surface area (Å²) >= 11 is 0. The molecule has 1 fully saturated rings. The van der Waals surface area contributed by atoms with Gasteiger partial charge in [0.2, 0.25) is 0 Å². The van der Waals surface area contributed by atoms with E-state index in [2.05, 4.69) is 27.3 Å². The number of halogens is 1. The van der Waals surface area contributed by atoms with Gasteiger partial charge in [0, 0.05) is 33.1 Å². The number of nitrogens with one attached hydrogen (secondary N) is 1. The highest BCUT2D eigenvalue weighted by atomic mass is 127. The fourth-order valence-corrected chi connectivity index (χ4v) is 2.76. The topological polar surface area (TPSA) is 46.1 Å². The van der Waals surface area contributed by atoms with Crippen LogP contribution in [0.3, 0.4) is 0 Å².